The van der Waals surface area contributed by atoms with Crippen LogP contribution in [0.3, 0.4) is 0 Å². The summed E-state index contributed by atoms with van der Waals surface area (Å²) >= 11 is 0. The number of amides is 1. The normalized spacial score (nSPS) is 22.0. The molecule has 3 atom stereocenters. The molecule has 4 heteroatoms. The molecule has 0 aliphatic carbocycles. The summed E-state index contributed by atoms with van der Waals surface area (Å²) in [5.41, 5.74) is 7.15. The fraction of sp³-hybridized carbons (Fsp3) is 0.562. The standard InChI is InChI=1S/C16H24N2O2/c1-12(15(17)13-7-3-2-4-8-13)16(19)18-11-14-9-5-6-10-20-14/h2-4,7-8,12,14-15H,5-6,9-11,17H2,1H3,(H,18,19). The maximum atomic E-state index is 12.2. The van der Waals surface area contributed by atoms with Gasteiger partial charge in [-0.25, -0.2) is 0 Å². The van der Waals surface area contributed by atoms with Crippen molar-refractivity contribution in [2.45, 2.75) is 38.3 Å². The first-order valence-electron chi connectivity index (χ1n) is 7.38. The Bertz CT molecular complexity index is 416. The third-order valence-electron chi connectivity index (χ3n) is 3.91. The molecule has 1 aliphatic rings. The fourth-order valence-corrected chi connectivity index (χ4v) is 2.47. The van der Waals surface area contributed by atoms with Crippen LogP contribution in [-0.2, 0) is 9.53 Å². The highest BCUT2D eigenvalue weighted by molar-refractivity contribution is 5.79. The second-order valence-electron chi connectivity index (χ2n) is 5.46. The molecular formula is C16H24N2O2. The summed E-state index contributed by atoms with van der Waals surface area (Å²) in [6, 6.07) is 9.47. The van der Waals surface area contributed by atoms with E-state index < -0.39 is 0 Å². The van der Waals surface area contributed by atoms with E-state index in [1.807, 2.05) is 37.3 Å². The predicted molar refractivity (Wildman–Crippen MR) is 79.1 cm³/mol. The zero-order valence-electron chi connectivity index (χ0n) is 12.0. The molecule has 1 aromatic rings. The predicted octanol–water partition coefficient (Wildman–Crippen LogP) is 2.01. The van der Waals surface area contributed by atoms with E-state index in [9.17, 15) is 4.79 Å². The van der Waals surface area contributed by atoms with Crippen LogP contribution in [0, 0.1) is 5.92 Å². The van der Waals surface area contributed by atoms with Gasteiger partial charge in [-0.05, 0) is 24.8 Å². The van der Waals surface area contributed by atoms with Crippen molar-refractivity contribution in [3.05, 3.63) is 35.9 Å². The van der Waals surface area contributed by atoms with Gasteiger partial charge in [-0.1, -0.05) is 37.3 Å². The topological polar surface area (TPSA) is 64.3 Å². The minimum absolute atomic E-state index is 0.00414. The Hall–Kier alpha value is -1.39. The van der Waals surface area contributed by atoms with E-state index >= 15 is 0 Å². The Labute approximate surface area is 120 Å². The van der Waals surface area contributed by atoms with E-state index in [-0.39, 0.29) is 24.0 Å². The van der Waals surface area contributed by atoms with E-state index in [4.69, 9.17) is 10.5 Å². The third-order valence-corrected chi connectivity index (χ3v) is 3.91. The lowest BCUT2D eigenvalue weighted by atomic mass is 9.94. The summed E-state index contributed by atoms with van der Waals surface area (Å²) in [6.07, 6.45) is 3.49. The number of ether oxygens (including phenoxy) is 1. The number of nitrogens with one attached hydrogen (secondary N) is 1. The highest BCUT2D eigenvalue weighted by Gasteiger charge is 2.23. The van der Waals surface area contributed by atoms with E-state index in [0.29, 0.717) is 6.54 Å². The first-order chi connectivity index (χ1) is 9.68. The molecule has 1 aromatic carbocycles. The summed E-state index contributed by atoms with van der Waals surface area (Å²) in [4.78, 5) is 12.2. The molecule has 0 saturated carbocycles. The van der Waals surface area contributed by atoms with Crippen molar-refractivity contribution in [2.24, 2.45) is 11.7 Å². The molecule has 110 valence electrons. The molecule has 1 fully saturated rings. The molecule has 3 unspecified atom stereocenters. The van der Waals surface area contributed by atoms with Crippen molar-refractivity contribution in [1.82, 2.24) is 5.32 Å². The molecule has 3 N–H and O–H groups in total. The Morgan fingerprint density at radius 3 is 2.80 bits per heavy atom. The largest absolute Gasteiger partial charge is 0.376 e. The molecule has 1 heterocycles. The summed E-state index contributed by atoms with van der Waals surface area (Å²) < 4.78 is 5.61. The number of hydrogen-bond donors (Lipinski definition) is 2. The number of benzene rings is 1. The van der Waals surface area contributed by atoms with E-state index in [1.165, 1.54) is 6.42 Å². The van der Waals surface area contributed by atoms with Crippen molar-refractivity contribution < 1.29 is 9.53 Å². The Morgan fingerprint density at radius 1 is 1.40 bits per heavy atom. The molecule has 1 amide bonds. The molecular weight excluding hydrogens is 252 g/mol. The highest BCUT2D eigenvalue weighted by atomic mass is 16.5. The van der Waals surface area contributed by atoms with Gasteiger partial charge >= 0.3 is 0 Å². The van der Waals surface area contributed by atoms with Crippen molar-refractivity contribution in [3.63, 3.8) is 0 Å². The van der Waals surface area contributed by atoms with Crippen LogP contribution in [0.1, 0.15) is 37.8 Å². The van der Waals surface area contributed by atoms with Crippen LogP contribution >= 0.6 is 0 Å². The van der Waals surface area contributed by atoms with Gasteiger partial charge in [0.15, 0.2) is 0 Å². The van der Waals surface area contributed by atoms with E-state index in [0.717, 1.165) is 25.0 Å². The van der Waals surface area contributed by atoms with Crippen molar-refractivity contribution in [3.8, 4) is 0 Å². The summed E-state index contributed by atoms with van der Waals surface area (Å²) in [7, 11) is 0. The molecule has 1 aliphatic heterocycles. The van der Waals surface area contributed by atoms with Gasteiger partial charge in [0.25, 0.3) is 0 Å². The van der Waals surface area contributed by atoms with Crippen LogP contribution in [0.25, 0.3) is 0 Å². The lowest BCUT2D eigenvalue weighted by molar-refractivity contribution is -0.126. The number of carbonyl (C=O) groups is 1. The van der Waals surface area contributed by atoms with Gasteiger partial charge in [-0.2, -0.15) is 0 Å². The maximum Gasteiger partial charge on any atom is 0.224 e. The molecule has 20 heavy (non-hydrogen) atoms. The molecule has 4 nitrogen and oxygen atoms in total. The first-order valence-corrected chi connectivity index (χ1v) is 7.38. The monoisotopic (exact) mass is 276 g/mol. The molecule has 0 bridgehead atoms. The number of rotatable bonds is 5. The Morgan fingerprint density at radius 2 is 2.15 bits per heavy atom. The second-order valence-corrected chi connectivity index (χ2v) is 5.46. The van der Waals surface area contributed by atoms with Crippen LogP contribution in [0.15, 0.2) is 30.3 Å². The molecule has 0 radical (unpaired) electrons. The van der Waals surface area contributed by atoms with Crippen LogP contribution in [0.4, 0.5) is 0 Å². The van der Waals surface area contributed by atoms with Gasteiger partial charge < -0.3 is 15.8 Å². The average molecular weight is 276 g/mol. The van der Waals surface area contributed by atoms with Gasteiger partial charge in [0, 0.05) is 19.2 Å². The Balaban J connectivity index is 1.82. The highest BCUT2D eigenvalue weighted by Crippen LogP contribution is 2.19. The second kappa shape index (κ2) is 7.41. The first kappa shape index (κ1) is 15.0. The molecule has 2 rings (SSSR count). The number of carbonyl (C=O) groups excluding carboxylic acids is 1. The van der Waals surface area contributed by atoms with Gasteiger partial charge in [-0.3, -0.25) is 4.79 Å². The lowest BCUT2D eigenvalue weighted by Gasteiger charge is -2.25. The summed E-state index contributed by atoms with van der Waals surface area (Å²) in [5.74, 6) is -0.253. The lowest BCUT2D eigenvalue weighted by Crippen LogP contribution is -2.40. The fourth-order valence-electron chi connectivity index (χ4n) is 2.47. The summed E-state index contributed by atoms with van der Waals surface area (Å²) in [6.45, 7) is 3.26. The minimum atomic E-state index is -0.275. The zero-order valence-corrected chi connectivity index (χ0v) is 12.0. The van der Waals surface area contributed by atoms with Gasteiger partial charge in [0.05, 0.1) is 12.0 Å². The van der Waals surface area contributed by atoms with Crippen molar-refractivity contribution >= 4 is 5.91 Å². The molecule has 0 spiro atoms. The quantitative estimate of drug-likeness (QED) is 0.864. The summed E-state index contributed by atoms with van der Waals surface area (Å²) in [5, 5.41) is 2.96. The minimum Gasteiger partial charge on any atom is -0.376 e. The van der Waals surface area contributed by atoms with Gasteiger partial charge in [-0.15, -0.1) is 0 Å². The Kier molecular flexibility index (Phi) is 5.56. The van der Waals surface area contributed by atoms with Gasteiger partial charge in [0.1, 0.15) is 0 Å². The molecule has 1 saturated heterocycles. The zero-order chi connectivity index (χ0) is 14.4. The van der Waals surface area contributed by atoms with Gasteiger partial charge in [0.2, 0.25) is 5.91 Å². The van der Waals surface area contributed by atoms with Crippen LogP contribution < -0.4 is 11.1 Å². The average Bonchev–Trinajstić information content (AvgIpc) is 2.53. The SMILES string of the molecule is CC(C(=O)NCC1CCCCO1)C(N)c1ccccc1. The number of nitrogens with two attached hydrogens (primary N) is 1. The van der Waals surface area contributed by atoms with Crippen molar-refractivity contribution in [1.29, 1.82) is 0 Å². The van der Waals surface area contributed by atoms with Crippen LogP contribution in [0.5, 0.6) is 0 Å². The molecule has 0 aromatic heterocycles. The maximum absolute atomic E-state index is 12.2. The van der Waals surface area contributed by atoms with Crippen LogP contribution in [0.2, 0.25) is 0 Å². The van der Waals surface area contributed by atoms with E-state index in [2.05, 4.69) is 5.32 Å². The third kappa shape index (κ3) is 4.05. The van der Waals surface area contributed by atoms with Crippen LogP contribution in [-0.4, -0.2) is 25.2 Å². The number of hydrogen-bond acceptors (Lipinski definition) is 3. The van der Waals surface area contributed by atoms with Crippen molar-refractivity contribution in [2.75, 3.05) is 13.2 Å². The smallest absolute Gasteiger partial charge is 0.224 e. The van der Waals surface area contributed by atoms with E-state index in [1.54, 1.807) is 0 Å².